The maximum atomic E-state index is 12.9. The molecule has 27 heavy (non-hydrogen) atoms. The van der Waals surface area contributed by atoms with Crippen molar-refractivity contribution in [3.63, 3.8) is 0 Å². The van der Waals surface area contributed by atoms with Gasteiger partial charge in [0.25, 0.3) is 5.91 Å². The van der Waals surface area contributed by atoms with Gasteiger partial charge in [-0.05, 0) is 45.0 Å². The Morgan fingerprint density at radius 3 is 2.37 bits per heavy atom. The first-order chi connectivity index (χ1) is 12.7. The molecule has 0 radical (unpaired) electrons. The fourth-order valence-electron chi connectivity index (χ4n) is 2.48. The van der Waals surface area contributed by atoms with Gasteiger partial charge in [-0.3, -0.25) is 19.1 Å². The molecular weight excluding hydrogens is 353 g/mol. The molecule has 0 spiro atoms. The first-order valence-electron chi connectivity index (χ1n) is 8.48. The van der Waals surface area contributed by atoms with Crippen LogP contribution in [0.4, 0.5) is 10.1 Å². The Morgan fingerprint density at radius 2 is 1.81 bits per heavy atom. The zero-order valence-electron chi connectivity index (χ0n) is 15.7. The number of carbonyl (C=O) groups excluding carboxylic acids is 3. The number of benzene rings is 1. The minimum absolute atomic E-state index is 0.0837. The molecule has 0 fully saturated rings. The van der Waals surface area contributed by atoms with E-state index in [1.165, 1.54) is 31.2 Å². The Labute approximate surface area is 156 Å². The van der Waals surface area contributed by atoms with Gasteiger partial charge in [-0.15, -0.1) is 0 Å². The summed E-state index contributed by atoms with van der Waals surface area (Å²) in [6, 6.07) is 5.08. The smallest absolute Gasteiger partial charge is 0.307 e. The van der Waals surface area contributed by atoms with Crippen LogP contribution in [0.3, 0.4) is 0 Å². The second-order valence-electron chi connectivity index (χ2n) is 6.22. The van der Waals surface area contributed by atoms with Crippen LogP contribution in [-0.2, 0) is 21.4 Å². The van der Waals surface area contributed by atoms with Gasteiger partial charge in [-0.25, -0.2) is 4.39 Å². The molecular formula is C19H22FN3O4. The van der Waals surface area contributed by atoms with E-state index in [1.807, 2.05) is 6.92 Å². The van der Waals surface area contributed by atoms with Gasteiger partial charge in [-0.2, -0.15) is 5.10 Å². The molecule has 8 heteroatoms. The standard InChI is InChI=1S/C19H22FN3O4/c1-11-18(12(2)23(4)22-11)21-19(26)13(3)27-17(25)10-9-16(24)14-5-7-15(20)8-6-14/h5-8,13H,9-10H2,1-4H3,(H,21,26). The number of Topliss-reactive ketones (excluding diaryl/α,β-unsaturated/α-hetero) is 1. The van der Waals surface area contributed by atoms with Gasteiger partial charge in [0.2, 0.25) is 0 Å². The summed E-state index contributed by atoms with van der Waals surface area (Å²) in [7, 11) is 1.76. The number of aryl methyl sites for hydroxylation is 2. The van der Waals surface area contributed by atoms with Gasteiger partial charge in [0.1, 0.15) is 5.82 Å². The monoisotopic (exact) mass is 375 g/mol. The summed E-state index contributed by atoms with van der Waals surface area (Å²) in [5, 5.41) is 6.90. The summed E-state index contributed by atoms with van der Waals surface area (Å²) in [6.07, 6.45) is -1.27. The molecule has 1 unspecified atom stereocenters. The number of aromatic nitrogens is 2. The van der Waals surface area contributed by atoms with Crippen LogP contribution in [0, 0.1) is 19.7 Å². The number of anilines is 1. The van der Waals surface area contributed by atoms with Crippen molar-refractivity contribution in [3.05, 3.63) is 47.0 Å². The van der Waals surface area contributed by atoms with Crippen LogP contribution in [0.2, 0.25) is 0 Å². The van der Waals surface area contributed by atoms with E-state index in [2.05, 4.69) is 10.4 Å². The van der Waals surface area contributed by atoms with Crippen molar-refractivity contribution in [3.8, 4) is 0 Å². The number of halogens is 1. The Morgan fingerprint density at radius 1 is 1.19 bits per heavy atom. The van der Waals surface area contributed by atoms with E-state index >= 15 is 0 Å². The van der Waals surface area contributed by atoms with Crippen LogP contribution in [0.1, 0.15) is 41.5 Å². The minimum Gasteiger partial charge on any atom is -0.453 e. The Hall–Kier alpha value is -3.03. The van der Waals surface area contributed by atoms with Gasteiger partial charge >= 0.3 is 5.97 Å². The molecule has 0 saturated carbocycles. The molecule has 0 aliphatic rings. The lowest BCUT2D eigenvalue weighted by Gasteiger charge is -2.13. The molecule has 2 aromatic rings. The quantitative estimate of drug-likeness (QED) is 0.594. The molecule has 144 valence electrons. The molecule has 1 aromatic carbocycles. The highest BCUT2D eigenvalue weighted by Gasteiger charge is 2.21. The third-order valence-corrected chi connectivity index (χ3v) is 4.16. The van der Waals surface area contributed by atoms with Crippen LogP contribution in [0.25, 0.3) is 0 Å². The molecule has 0 saturated heterocycles. The van der Waals surface area contributed by atoms with Crippen LogP contribution in [-0.4, -0.2) is 33.5 Å². The number of amides is 1. The van der Waals surface area contributed by atoms with E-state index in [4.69, 9.17) is 4.74 Å². The van der Waals surface area contributed by atoms with Crippen molar-refractivity contribution >= 4 is 23.3 Å². The second kappa shape index (κ2) is 8.57. The van der Waals surface area contributed by atoms with Crippen molar-refractivity contribution in [2.75, 3.05) is 5.32 Å². The van der Waals surface area contributed by atoms with Crippen molar-refractivity contribution in [2.24, 2.45) is 7.05 Å². The highest BCUT2D eigenvalue weighted by Crippen LogP contribution is 2.19. The molecule has 0 bridgehead atoms. The SMILES string of the molecule is Cc1nn(C)c(C)c1NC(=O)C(C)OC(=O)CCC(=O)c1ccc(F)cc1. The lowest BCUT2D eigenvalue weighted by atomic mass is 10.1. The number of carbonyl (C=O) groups is 3. The average molecular weight is 375 g/mol. The fraction of sp³-hybridized carbons (Fsp3) is 0.368. The summed E-state index contributed by atoms with van der Waals surface area (Å²) in [5.41, 5.74) is 2.34. The first-order valence-corrected chi connectivity index (χ1v) is 8.48. The van der Waals surface area contributed by atoms with E-state index < -0.39 is 23.8 Å². The number of hydrogen-bond acceptors (Lipinski definition) is 5. The van der Waals surface area contributed by atoms with Gasteiger partial charge < -0.3 is 10.1 Å². The molecule has 1 amide bonds. The zero-order chi connectivity index (χ0) is 20.1. The van der Waals surface area contributed by atoms with Crippen molar-refractivity contribution in [1.29, 1.82) is 0 Å². The van der Waals surface area contributed by atoms with E-state index in [1.54, 1.807) is 18.7 Å². The summed E-state index contributed by atoms with van der Waals surface area (Å²) < 4.78 is 19.6. The molecule has 7 nitrogen and oxygen atoms in total. The molecule has 0 aliphatic carbocycles. The van der Waals surface area contributed by atoms with Crippen LogP contribution < -0.4 is 5.32 Å². The number of ether oxygens (including phenoxy) is 1. The summed E-state index contributed by atoms with van der Waals surface area (Å²) in [4.78, 5) is 36.1. The maximum Gasteiger partial charge on any atom is 0.307 e. The van der Waals surface area contributed by atoms with Crippen molar-refractivity contribution < 1.29 is 23.5 Å². The second-order valence-corrected chi connectivity index (χ2v) is 6.22. The van der Waals surface area contributed by atoms with E-state index in [0.29, 0.717) is 16.9 Å². The number of nitrogens with zero attached hydrogens (tertiary/aromatic N) is 2. The molecule has 0 aliphatic heterocycles. The number of rotatable bonds is 7. The number of hydrogen-bond donors (Lipinski definition) is 1. The predicted molar refractivity (Wildman–Crippen MR) is 96.8 cm³/mol. The minimum atomic E-state index is -1.02. The zero-order valence-corrected chi connectivity index (χ0v) is 15.7. The molecule has 1 N–H and O–H groups in total. The number of ketones is 1. The van der Waals surface area contributed by atoms with Gasteiger partial charge in [0.05, 0.1) is 23.5 Å². The maximum absolute atomic E-state index is 12.9. The van der Waals surface area contributed by atoms with E-state index in [0.717, 1.165) is 5.69 Å². The Balaban J connectivity index is 1.84. The first kappa shape index (κ1) is 20.3. The summed E-state index contributed by atoms with van der Waals surface area (Å²) in [6.45, 7) is 5.03. The van der Waals surface area contributed by atoms with Gasteiger partial charge in [0, 0.05) is 19.0 Å². The number of nitrogens with one attached hydrogen (secondary N) is 1. The Bertz CT molecular complexity index is 859. The summed E-state index contributed by atoms with van der Waals surface area (Å²) >= 11 is 0. The molecule has 1 aromatic heterocycles. The molecule has 1 heterocycles. The third-order valence-electron chi connectivity index (χ3n) is 4.16. The van der Waals surface area contributed by atoms with Crippen LogP contribution >= 0.6 is 0 Å². The van der Waals surface area contributed by atoms with E-state index in [-0.39, 0.29) is 18.6 Å². The fourth-order valence-corrected chi connectivity index (χ4v) is 2.48. The summed E-state index contributed by atoms with van der Waals surface area (Å²) in [5.74, 6) is -1.88. The lowest BCUT2D eigenvalue weighted by Crippen LogP contribution is -2.30. The number of esters is 1. The van der Waals surface area contributed by atoms with E-state index in [9.17, 15) is 18.8 Å². The third kappa shape index (κ3) is 5.22. The molecule has 2 rings (SSSR count). The molecule has 1 atom stereocenters. The van der Waals surface area contributed by atoms with Gasteiger partial charge in [-0.1, -0.05) is 0 Å². The normalized spacial score (nSPS) is 11.7. The average Bonchev–Trinajstić information content (AvgIpc) is 2.86. The van der Waals surface area contributed by atoms with Crippen molar-refractivity contribution in [1.82, 2.24) is 9.78 Å². The highest BCUT2D eigenvalue weighted by molar-refractivity contribution is 5.98. The predicted octanol–water partition coefficient (Wildman–Crippen LogP) is 2.71. The highest BCUT2D eigenvalue weighted by atomic mass is 19.1. The van der Waals surface area contributed by atoms with Crippen LogP contribution in [0.5, 0.6) is 0 Å². The topological polar surface area (TPSA) is 90.3 Å². The Kier molecular flexibility index (Phi) is 6.44. The lowest BCUT2D eigenvalue weighted by molar-refractivity contribution is -0.153. The largest absolute Gasteiger partial charge is 0.453 e. The van der Waals surface area contributed by atoms with Gasteiger partial charge in [0.15, 0.2) is 11.9 Å². The van der Waals surface area contributed by atoms with Crippen LogP contribution in [0.15, 0.2) is 24.3 Å². The van der Waals surface area contributed by atoms with Crippen molar-refractivity contribution in [2.45, 2.75) is 39.7 Å².